The van der Waals surface area contributed by atoms with Crippen molar-refractivity contribution in [2.24, 2.45) is 11.7 Å². The molecule has 0 aromatic heterocycles. The maximum absolute atomic E-state index is 12.2. The van der Waals surface area contributed by atoms with Crippen LogP contribution in [0.3, 0.4) is 0 Å². The zero-order valence-electron chi connectivity index (χ0n) is 11.6. The van der Waals surface area contributed by atoms with E-state index in [0.29, 0.717) is 0 Å². The fourth-order valence-electron chi connectivity index (χ4n) is 2.05. The summed E-state index contributed by atoms with van der Waals surface area (Å²) in [5.41, 5.74) is 8.09. The average Bonchev–Trinajstić information content (AvgIpc) is 3.19. The van der Waals surface area contributed by atoms with Gasteiger partial charge in [-0.3, -0.25) is 4.79 Å². The molecule has 1 aromatic rings. The lowest BCUT2D eigenvalue weighted by molar-refractivity contribution is -0.131. The lowest BCUT2D eigenvalue weighted by Crippen LogP contribution is -2.36. The van der Waals surface area contributed by atoms with Gasteiger partial charge in [0, 0.05) is 13.6 Å². The molecule has 106 valence electrons. The van der Waals surface area contributed by atoms with E-state index in [1.165, 1.54) is 18.4 Å². The number of rotatable bonds is 5. The van der Waals surface area contributed by atoms with Crippen molar-refractivity contribution in [3.63, 3.8) is 0 Å². The number of halogens is 1. The van der Waals surface area contributed by atoms with Gasteiger partial charge in [-0.25, -0.2) is 0 Å². The molecule has 0 spiro atoms. The van der Waals surface area contributed by atoms with Gasteiger partial charge < -0.3 is 10.6 Å². The smallest absolute Gasteiger partial charge is 0.243 e. The lowest BCUT2D eigenvalue weighted by Gasteiger charge is -2.21. The second-order valence-electron chi connectivity index (χ2n) is 5.38. The minimum Gasteiger partial charge on any atom is -0.344 e. The summed E-state index contributed by atoms with van der Waals surface area (Å²) in [6.07, 6.45) is 3.76. The minimum atomic E-state index is -0.533. The topological polar surface area (TPSA) is 46.3 Å². The quantitative estimate of drug-likeness (QED) is 0.902. The van der Waals surface area contributed by atoms with Gasteiger partial charge >= 0.3 is 0 Å². The van der Waals surface area contributed by atoms with Crippen molar-refractivity contribution in [2.75, 3.05) is 13.6 Å². The van der Waals surface area contributed by atoms with Crippen molar-refractivity contribution in [3.8, 4) is 0 Å². The van der Waals surface area contributed by atoms with Crippen LogP contribution in [0, 0.1) is 12.8 Å². The van der Waals surface area contributed by atoms with Gasteiger partial charge in [0.1, 0.15) is 6.04 Å². The summed E-state index contributed by atoms with van der Waals surface area (Å²) < 4.78 is 0. The second-order valence-corrected chi connectivity index (χ2v) is 5.38. The van der Waals surface area contributed by atoms with Crippen LogP contribution >= 0.6 is 12.4 Å². The molecule has 1 amide bonds. The van der Waals surface area contributed by atoms with Crippen molar-refractivity contribution in [3.05, 3.63) is 35.4 Å². The molecule has 4 heteroatoms. The number of carbonyl (C=O) groups excluding carboxylic acids is 1. The van der Waals surface area contributed by atoms with Crippen molar-refractivity contribution in [2.45, 2.75) is 32.2 Å². The van der Waals surface area contributed by atoms with Crippen LogP contribution in [0.2, 0.25) is 0 Å². The zero-order valence-corrected chi connectivity index (χ0v) is 12.5. The van der Waals surface area contributed by atoms with Gasteiger partial charge in [-0.2, -0.15) is 0 Å². The van der Waals surface area contributed by atoms with E-state index in [1.54, 1.807) is 4.90 Å². The number of hydrogen-bond acceptors (Lipinski definition) is 2. The molecule has 1 fully saturated rings. The van der Waals surface area contributed by atoms with Crippen molar-refractivity contribution in [1.29, 1.82) is 0 Å². The highest BCUT2D eigenvalue weighted by atomic mass is 35.5. The number of amides is 1. The van der Waals surface area contributed by atoms with E-state index in [0.717, 1.165) is 24.4 Å². The molecule has 0 bridgehead atoms. The van der Waals surface area contributed by atoms with E-state index < -0.39 is 6.04 Å². The summed E-state index contributed by atoms with van der Waals surface area (Å²) >= 11 is 0. The normalized spacial score (nSPS) is 15.5. The molecule has 1 unspecified atom stereocenters. The monoisotopic (exact) mass is 282 g/mol. The van der Waals surface area contributed by atoms with Crippen LogP contribution < -0.4 is 5.73 Å². The fourth-order valence-corrected chi connectivity index (χ4v) is 2.05. The summed E-state index contributed by atoms with van der Waals surface area (Å²) in [6, 6.07) is 7.33. The van der Waals surface area contributed by atoms with E-state index >= 15 is 0 Å². The SMILES string of the molecule is Cc1ccc(C(N)C(=O)N(C)CCC2CC2)cc1.Cl. The van der Waals surface area contributed by atoms with E-state index in [-0.39, 0.29) is 18.3 Å². The van der Waals surface area contributed by atoms with Crippen LogP contribution in [-0.2, 0) is 4.79 Å². The van der Waals surface area contributed by atoms with Gasteiger partial charge in [0.05, 0.1) is 0 Å². The summed E-state index contributed by atoms with van der Waals surface area (Å²) in [4.78, 5) is 13.9. The van der Waals surface area contributed by atoms with E-state index in [4.69, 9.17) is 5.73 Å². The number of carbonyl (C=O) groups is 1. The first-order valence-corrected chi connectivity index (χ1v) is 6.65. The second kappa shape index (κ2) is 6.92. The van der Waals surface area contributed by atoms with Crippen molar-refractivity contribution in [1.82, 2.24) is 4.90 Å². The molecule has 0 radical (unpaired) electrons. The highest BCUT2D eigenvalue weighted by Crippen LogP contribution is 2.32. The number of aryl methyl sites for hydroxylation is 1. The van der Waals surface area contributed by atoms with Gasteiger partial charge in [0.25, 0.3) is 0 Å². The Morgan fingerprint density at radius 1 is 1.37 bits per heavy atom. The molecule has 1 atom stereocenters. The Morgan fingerprint density at radius 3 is 2.47 bits per heavy atom. The summed E-state index contributed by atoms with van der Waals surface area (Å²) in [5, 5.41) is 0. The Bertz CT molecular complexity index is 415. The minimum absolute atomic E-state index is 0. The first kappa shape index (κ1) is 16.0. The first-order chi connectivity index (χ1) is 8.58. The largest absolute Gasteiger partial charge is 0.344 e. The predicted octanol–water partition coefficient (Wildman–Crippen LogP) is 2.68. The van der Waals surface area contributed by atoms with Gasteiger partial charge in [-0.05, 0) is 24.8 Å². The van der Waals surface area contributed by atoms with Crippen LogP contribution in [0.5, 0.6) is 0 Å². The van der Waals surface area contributed by atoms with Crippen molar-refractivity contribution < 1.29 is 4.79 Å². The standard InChI is InChI=1S/C15H22N2O.ClH/c1-11-3-7-13(8-4-11)14(16)15(18)17(2)10-9-12-5-6-12;/h3-4,7-8,12,14H,5-6,9-10,16H2,1-2H3;1H. The number of nitrogens with zero attached hydrogens (tertiary/aromatic N) is 1. The molecular formula is C15H23ClN2O. The van der Waals surface area contributed by atoms with Crippen LogP contribution in [0.4, 0.5) is 0 Å². The molecule has 1 aliphatic carbocycles. The Hall–Kier alpha value is -1.06. The van der Waals surface area contributed by atoms with Crippen molar-refractivity contribution >= 4 is 18.3 Å². The molecule has 2 N–H and O–H groups in total. The van der Waals surface area contributed by atoms with Gasteiger partial charge in [-0.1, -0.05) is 42.7 Å². The first-order valence-electron chi connectivity index (χ1n) is 6.65. The van der Waals surface area contributed by atoms with Crippen LogP contribution in [-0.4, -0.2) is 24.4 Å². The lowest BCUT2D eigenvalue weighted by atomic mass is 10.0. The number of benzene rings is 1. The highest BCUT2D eigenvalue weighted by molar-refractivity contribution is 5.85. The number of likely N-dealkylation sites (N-methyl/N-ethyl adjacent to an activating group) is 1. The number of nitrogens with two attached hydrogens (primary N) is 1. The molecule has 0 aliphatic heterocycles. The van der Waals surface area contributed by atoms with E-state index in [2.05, 4.69) is 0 Å². The molecule has 1 aliphatic rings. The Balaban J connectivity index is 0.00000180. The molecule has 0 saturated heterocycles. The third-order valence-electron chi connectivity index (χ3n) is 3.65. The molecule has 1 aromatic carbocycles. The van der Waals surface area contributed by atoms with Crippen LogP contribution in [0.1, 0.15) is 36.4 Å². The summed E-state index contributed by atoms with van der Waals surface area (Å²) in [6.45, 7) is 2.85. The third-order valence-corrected chi connectivity index (χ3v) is 3.65. The zero-order chi connectivity index (χ0) is 13.1. The molecule has 3 nitrogen and oxygen atoms in total. The summed E-state index contributed by atoms with van der Waals surface area (Å²) in [7, 11) is 1.85. The molecule has 2 rings (SSSR count). The highest BCUT2D eigenvalue weighted by Gasteiger charge is 2.24. The Morgan fingerprint density at radius 2 is 1.95 bits per heavy atom. The average molecular weight is 283 g/mol. The molecule has 19 heavy (non-hydrogen) atoms. The predicted molar refractivity (Wildman–Crippen MR) is 80.3 cm³/mol. The molecular weight excluding hydrogens is 260 g/mol. The number of hydrogen-bond donors (Lipinski definition) is 1. The fraction of sp³-hybridized carbons (Fsp3) is 0.533. The summed E-state index contributed by atoms with van der Waals surface area (Å²) in [5.74, 6) is 0.857. The van der Waals surface area contributed by atoms with Crippen LogP contribution in [0.25, 0.3) is 0 Å². The van der Waals surface area contributed by atoms with Gasteiger partial charge in [-0.15, -0.1) is 12.4 Å². The Kier molecular flexibility index (Phi) is 5.83. The third kappa shape index (κ3) is 4.51. The van der Waals surface area contributed by atoms with E-state index in [1.807, 2.05) is 38.2 Å². The molecule has 1 saturated carbocycles. The van der Waals surface area contributed by atoms with E-state index in [9.17, 15) is 4.79 Å². The maximum atomic E-state index is 12.2. The van der Waals surface area contributed by atoms with Gasteiger partial charge in [0.15, 0.2) is 0 Å². The Labute approximate surface area is 121 Å². The molecule has 0 heterocycles. The van der Waals surface area contributed by atoms with Gasteiger partial charge in [0.2, 0.25) is 5.91 Å². The maximum Gasteiger partial charge on any atom is 0.243 e. The van der Waals surface area contributed by atoms with Crippen LogP contribution in [0.15, 0.2) is 24.3 Å².